The van der Waals surface area contributed by atoms with Gasteiger partial charge in [-0.1, -0.05) is 0 Å². The van der Waals surface area contributed by atoms with Gasteiger partial charge < -0.3 is 29.3 Å². The molecular formula is C16H31NO6. The fourth-order valence-corrected chi connectivity index (χ4v) is 3.26. The van der Waals surface area contributed by atoms with E-state index in [9.17, 15) is 5.11 Å². The predicted molar refractivity (Wildman–Crippen MR) is 85.6 cm³/mol. The first kappa shape index (κ1) is 20.3. The van der Waals surface area contributed by atoms with Crippen LogP contribution in [0.15, 0.2) is 0 Å². The van der Waals surface area contributed by atoms with Gasteiger partial charge in [-0.25, -0.2) is 0 Å². The van der Waals surface area contributed by atoms with Crippen molar-refractivity contribution in [2.75, 3.05) is 53.2 Å². The van der Waals surface area contributed by atoms with Crippen LogP contribution in [0.3, 0.4) is 0 Å². The van der Waals surface area contributed by atoms with Gasteiger partial charge in [0.15, 0.2) is 0 Å². The largest absolute Gasteiger partial charge is 0.483 e. The maximum absolute atomic E-state index is 10.3. The molecular weight excluding hydrogens is 302 g/mol. The predicted octanol–water partition coefficient (Wildman–Crippen LogP) is 0.746. The lowest BCUT2D eigenvalue weighted by Crippen LogP contribution is -2.53. The third-order valence-electron chi connectivity index (χ3n) is 4.50. The minimum atomic E-state index is -0.552. The summed E-state index contributed by atoms with van der Waals surface area (Å²) in [6, 6.07) is 0. The van der Waals surface area contributed by atoms with E-state index in [0.717, 1.165) is 51.9 Å². The molecule has 2 saturated heterocycles. The van der Waals surface area contributed by atoms with Crippen LogP contribution in [-0.4, -0.2) is 86.0 Å². The molecule has 0 radical (unpaired) electrons. The molecule has 2 rings (SSSR count). The number of hydrogen-bond acceptors (Lipinski definition) is 6. The van der Waals surface area contributed by atoms with Gasteiger partial charge in [-0.3, -0.25) is 4.79 Å². The number of piperidine rings is 1. The molecule has 1 spiro atoms. The van der Waals surface area contributed by atoms with Gasteiger partial charge in [-0.15, -0.1) is 0 Å². The third-order valence-corrected chi connectivity index (χ3v) is 4.50. The molecule has 0 saturated carbocycles. The Hall–Kier alpha value is -0.730. The van der Waals surface area contributed by atoms with Crippen molar-refractivity contribution in [3.05, 3.63) is 0 Å². The van der Waals surface area contributed by atoms with Crippen LogP contribution in [0.2, 0.25) is 0 Å². The van der Waals surface area contributed by atoms with Crippen LogP contribution in [0, 0.1) is 0 Å². The van der Waals surface area contributed by atoms with Crippen LogP contribution in [0.5, 0.6) is 0 Å². The number of aliphatic hydroxyl groups is 1. The van der Waals surface area contributed by atoms with Crippen molar-refractivity contribution in [1.29, 1.82) is 0 Å². The zero-order valence-electron chi connectivity index (χ0n) is 14.3. The number of ether oxygens (including phenoxy) is 3. The van der Waals surface area contributed by atoms with Crippen molar-refractivity contribution in [1.82, 2.24) is 4.90 Å². The van der Waals surface area contributed by atoms with Gasteiger partial charge in [0.05, 0.1) is 37.6 Å². The minimum Gasteiger partial charge on any atom is -0.483 e. The molecule has 0 aromatic rings. The Morgan fingerprint density at radius 3 is 2.43 bits per heavy atom. The summed E-state index contributed by atoms with van der Waals surface area (Å²) in [6.45, 7) is 7.49. The van der Waals surface area contributed by atoms with E-state index in [0.29, 0.717) is 19.8 Å². The Kier molecular flexibility index (Phi) is 9.01. The van der Waals surface area contributed by atoms with E-state index >= 15 is 0 Å². The summed E-state index contributed by atoms with van der Waals surface area (Å²) in [5, 5.41) is 17.1. The van der Waals surface area contributed by atoms with Crippen LogP contribution >= 0.6 is 0 Å². The molecule has 2 fully saturated rings. The molecule has 1 unspecified atom stereocenters. The quantitative estimate of drug-likeness (QED) is 0.547. The summed E-state index contributed by atoms with van der Waals surface area (Å²) < 4.78 is 16.5. The van der Waals surface area contributed by atoms with Crippen LogP contribution < -0.4 is 0 Å². The topological polar surface area (TPSA) is 88.5 Å². The van der Waals surface area contributed by atoms with Crippen molar-refractivity contribution in [3.63, 3.8) is 0 Å². The summed E-state index contributed by atoms with van der Waals surface area (Å²) in [5.41, 5.74) is -0.640. The summed E-state index contributed by atoms with van der Waals surface area (Å²) in [6.07, 6.45) is 3.56. The third kappa shape index (κ3) is 7.58. The fourth-order valence-electron chi connectivity index (χ4n) is 3.26. The molecule has 0 bridgehead atoms. The first-order valence-electron chi connectivity index (χ1n) is 8.20. The van der Waals surface area contributed by atoms with Gasteiger partial charge in [-0.05, 0) is 26.2 Å². The highest BCUT2D eigenvalue weighted by atomic mass is 16.5. The first-order chi connectivity index (χ1) is 11.0. The van der Waals surface area contributed by atoms with Gasteiger partial charge in [0, 0.05) is 33.2 Å². The summed E-state index contributed by atoms with van der Waals surface area (Å²) in [4.78, 5) is 10.8. The molecule has 0 aliphatic carbocycles. The summed E-state index contributed by atoms with van der Waals surface area (Å²) in [7, 11) is 1.69. The van der Waals surface area contributed by atoms with E-state index in [4.69, 9.17) is 24.1 Å². The number of hydrogen-bond donors (Lipinski definition) is 2. The molecule has 0 amide bonds. The molecule has 23 heavy (non-hydrogen) atoms. The lowest BCUT2D eigenvalue weighted by molar-refractivity contribution is -0.173. The Morgan fingerprint density at radius 2 is 1.87 bits per heavy atom. The molecule has 136 valence electrons. The Labute approximate surface area is 138 Å². The molecule has 0 aromatic carbocycles. The molecule has 7 nitrogen and oxygen atoms in total. The highest BCUT2D eigenvalue weighted by Gasteiger charge is 2.44. The normalized spacial score (nSPS) is 27.3. The SMILES string of the molecule is COCCOCCN1CCC2(CC1)CC(C)(O)CCO2.O=CO. The molecule has 0 aromatic heterocycles. The molecule has 7 heteroatoms. The van der Waals surface area contributed by atoms with Crippen molar-refractivity contribution in [2.45, 2.75) is 43.8 Å². The number of methoxy groups -OCH3 is 1. The second-order valence-electron chi connectivity index (χ2n) is 6.51. The second-order valence-corrected chi connectivity index (χ2v) is 6.51. The lowest BCUT2D eigenvalue weighted by Gasteiger charge is -2.48. The molecule has 2 heterocycles. The molecule has 2 N–H and O–H groups in total. The molecule has 2 aliphatic heterocycles. The summed E-state index contributed by atoms with van der Waals surface area (Å²) >= 11 is 0. The van der Waals surface area contributed by atoms with Gasteiger partial charge in [0.1, 0.15) is 0 Å². The fraction of sp³-hybridized carbons (Fsp3) is 0.938. The van der Waals surface area contributed by atoms with Crippen LogP contribution in [0.1, 0.15) is 32.6 Å². The maximum atomic E-state index is 10.3. The highest BCUT2D eigenvalue weighted by Crippen LogP contribution is 2.39. The summed E-state index contributed by atoms with van der Waals surface area (Å²) in [5.74, 6) is 0. The van der Waals surface area contributed by atoms with E-state index in [-0.39, 0.29) is 12.1 Å². The van der Waals surface area contributed by atoms with E-state index < -0.39 is 5.60 Å². The van der Waals surface area contributed by atoms with Crippen molar-refractivity contribution >= 4 is 6.47 Å². The number of nitrogens with zero attached hydrogens (tertiary/aromatic N) is 1. The molecule has 2 aliphatic rings. The first-order valence-corrected chi connectivity index (χ1v) is 8.20. The van der Waals surface area contributed by atoms with Gasteiger partial charge >= 0.3 is 0 Å². The maximum Gasteiger partial charge on any atom is 0.290 e. The van der Waals surface area contributed by atoms with E-state index in [1.165, 1.54) is 0 Å². The van der Waals surface area contributed by atoms with Crippen LogP contribution in [-0.2, 0) is 19.0 Å². The number of carbonyl (C=O) groups is 1. The van der Waals surface area contributed by atoms with Crippen LogP contribution in [0.25, 0.3) is 0 Å². The number of carboxylic acid groups (broad SMARTS) is 1. The Bertz CT molecular complexity index is 329. The minimum absolute atomic E-state index is 0.0881. The van der Waals surface area contributed by atoms with Crippen LogP contribution in [0.4, 0.5) is 0 Å². The standard InChI is InChI=1S/C15H29NO4.CH2O2/c1-14(17)5-9-20-15(13-14)3-6-16(7-4-15)8-10-19-12-11-18-2;2-1-3/h17H,3-13H2,1-2H3;1H,(H,2,3). The number of likely N-dealkylation sites (tertiary alicyclic amines) is 1. The average Bonchev–Trinajstić information content (AvgIpc) is 2.49. The smallest absolute Gasteiger partial charge is 0.290 e. The monoisotopic (exact) mass is 333 g/mol. The van der Waals surface area contributed by atoms with Gasteiger partial charge in [0.2, 0.25) is 0 Å². The average molecular weight is 333 g/mol. The van der Waals surface area contributed by atoms with Gasteiger partial charge in [-0.2, -0.15) is 0 Å². The van der Waals surface area contributed by atoms with Crippen molar-refractivity contribution in [3.8, 4) is 0 Å². The van der Waals surface area contributed by atoms with Crippen molar-refractivity contribution in [2.24, 2.45) is 0 Å². The van der Waals surface area contributed by atoms with Gasteiger partial charge in [0.25, 0.3) is 6.47 Å². The van der Waals surface area contributed by atoms with E-state index in [2.05, 4.69) is 4.90 Å². The second kappa shape index (κ2) is 10.2. The lowest BCUT2D eigenvalue weighted by atomic mass is 9.78. The highest BCUT2D eigenvalue weighted by molar-refractivity contribution is 5.32. The number of rotatable bonds is 6. The van der Waals surface area contributed by atoms with E-state index in [1.54, 1.807) is 7.11 Å². The Morgan fingerprint density at radius 1 is 1.22 bits per heavy atom. The van der Waals surface area contributed by atoms with Crippen molar-refractivity contribution < 1.29 is 29.2 Å². The molecule has 1 atom stereocenters. The zero-order valence-corrected chi connectivity index (χ0v) is 14.3. The van der Waals surface area contributed by atoms with E-state index in [1.807, 2.05) is 6.92 Å². The Balaban J connectivity index is 0.000000816. The zero-order chi connectivity index (χ0) is 17.2.